The summed E-state index contributed by atoms with van der Waals surface area (Å²) in [5.74, 6) is -2.76. The summed E-state index contributed by atoms with van der Waals surface area (Å²) in [6.07, 6.45) is -8.91. The summed E-state index contributed by atoms with van der Waals surface area (Å²) in [5, 5.41) is 40.4. The summed E-state index contributed by atoms with van der Waals surface area (Å²) < 4.78 is 23.8. The summed E-state index contributed by atoms with van der Waals surface area (Å²) in [5.41, 5.74) is 12.7. The molecule has 2 aromatic carbocycles. The Labute approximate surface area is 193 Å². The monoisotopic (exact) mass is 479 g/mol. The molecule has 0 amide bonds. The summed E-state index contributed by atoms with van der Waals surface area (Å²) >= 11 is 0. The molecule has 1 aliphatic rings. The lowest BCUT2D eigenvalue weighted by Gasteiger charge is -2.45. The van der Waals surface area contributed by atoms with Crippen LogP contribution in [0.3, 0.4) is 0 Å². The summed E-state index contributed by atoms with van der Waals surface area (Å²) in [6.45, 7) is 1.63. The first kappa shape index (κ1) is 25.2. The van der Waals surface area contributed by atoms with Crippen molar-refractivity contribution in [2.45, 2.75) is 44.1 Å². The molecule has 34 heavy (non-hydrogen) atoms. The maximum absolute atomic E-state index is 13.4. The summed E-state index contributed by atoms with van der Waals surface area (Å²) in [7, 11) is 0. The zero-order chi connectivity index (χ0) is 25.2. The zero-order valence-electron chi connectivity index (χ0n) is 18.2. The van der Waals surface area contributed by atoms with E-state index in [9.17, 15) is 34.4 Å². The number of ether oxygens (including phenoxy) is 2. The van der Waals surface area contributed by atoms with Crippen molar-refractivity contribution in [3.05, 3.63) is 53.3 Å². The average Bonchev–Trinajstić information content (AvgIpc) is 2.79. The molecule has 5 unspecified atom stereocenters. The number of halogens is 1. The van der Waals surface area contributed by atoms with Crippen LogP contribution in [0.15, 0.2) is 36.4 Å². The van der Waals surface area contributed by atoms with Crippen LogP contribution in [0.2, 0.25) is 0 Å². The predicted octanol–water partition coefficient (Wildman–Crippen LogP) is 0.0656. The number of carboxylic acids is 1. The highest BCUT2D eigenvalue weighted by Gasteiger charge is 2.49. The number of carbonyl (C=O) groups excluding carboxylic acids is 1. The van der Waals surface area contributed by atoms with Gasteiger partial charge in [-0.05, 0) is 36.8 Å². The van der Waals surface area contributed by atoms with Gasteiger partial charge in [0.05, 0.1) is 29.2 Å². The number of aliphatic carboxylic acids is 1. The fourth-order valence-electron chi connectivity index (χ4n) is 3.68. The van der Waals surface area contributed by atoms with E-state index < -0.39 is 48.4 Å². The van der Waals surface area contributed by atoms with E-state index in [1.807, 2.05) is 0 Å². The third-order valence-electron chi connectivity index (χ3n) is 5.47. The van der Waals surface area contributed by atoms with Gasteiger partial charge in [-0.15, -0.1) is 0 Å². The van der Waals surface area contributed by atoms with Crippen molar-refractivity contribution in [2.75, 3.05) is 23.0 Å². The number of anilines is 3. The number of esters is 1. The Kier molecular flexibility index (Phi) is 7.57. The number of hydrogen-bond acceptors (Lipinski definition) is 10. The Bertz CT molecular complexity index is 1050. The fraction of sp³-hybridized carbons (Fsp3) is 0.364. The second-order valence-electron chi connectivity index (χ2n) is 7.69. The Balaban J connectivity index is 2.09. The van der Waals surface area contributed by atoms with Crippen LogP contribution >= 0.6 is 0 Å². The van der Waals surface area contributed by atoms with Crippen LogP contribution in [-0.2, 0) is 20.8 Å². The van der Waals surface area contributed by atoms with Crippen molar-refractivity contribution in [1.29, 1.82) is 0 Å². The van der Waals surface area contributed by atoms with Gasteiger partial charge in [-0.3, -0.25) is 0 Å². The highest BCUT2D eigenvalue weighted by molar-refractivity contribution is 6.00. The SMILES string of the molecule is CCOC(=O)c1ccc(N(Cc2ccc(F)cc2)C2OC(C(=O)O)C(O)C(O)C2O)c(N)c1N. The van der Waals surface area contributed by atoms with Crippen molar-refractivity contribution in [2.24, 2.45) is 0 Å². The van der Waals surface area contributed by atoms with Gasteiger partial charge in [-0.2, -0.15) is 0 Å². The smallest absolute Gasteiger partial charge is 0.340 e. The molecule has 0 saturated carbocycles. The van der Waals surface area contributed by atoms with E-state index in [1.54, 1.807) is 6.92 Å². The number of hydrogen-bond donors (Lipinski definition) is 6. The van der Waals surface area contributed by atoms with Gasteiger partial charge in [0.25, 0.3) is 0 Å². The molecule has 8 N–H and O–H groups in total. The highest BCUT2D eigenvalue weighted by atomic mass is 19.1. The number of nitrogens with two attached hydrogens (primary N) is 2. The maximum atomic E-state index is 13.4. The Hall–Kier alpha value is -3.45. The molecule has 2 aromatic rings. The Morgan fingerprint density at radius 3 is 2.26 bits per heavy atom. The minimum absolute atomic E-state index is 0.00573. The minimum atomic E-state index is -1.90. The van der Waals surface area contributed by atoms with Crippen LogP contribution in [0, 0.1) is 5.82 Å². The van der Waals surface area contributed by atoms with Gasteiger partial charge in [0, 0.05) is 6.54 Å². The quantitative estimate of drug-likeness (QED) is 0.233. The molecule has 0 aromatic heterocycles. The highest BCUT2D eigenvalue weighted by Crippen LogP contribution is 2.37. The number of aliphatic hydroxyl groups excluding tert-OH is 3. The molecule has 184 valence electrons. The van der Waals surface area contributed by atoms with Crippen LogP contribution in [0.1, 0.15) is 22.8 Å². The standard InChI is InChI=1S/C22H26FN3O8/c1-2-33-22(32)12-7-8-13(15(25)14(12)24)26(9-10-3-5-11(23)6-4-10)20-18(29)16(27)17(28)19(34-20)21(30)31/h3-8,16-20,27-29H,2,9,24-25H2,1H3,(H,30,31). The van der Waals surface area contributed by atoms with Crippen LogP contribution < -0.4 is 16.4 Å². The molecule has 11 nitrogen and oxygen atoms in total. The molecule has 1 aliphatic heterocycles. The van der Waals surface area contributed by atoms with Crippen LogP contribution in [0.5, 0.6) is 0 Å². The number of carbonyl (C=O) groups is 2. The summed E-state index contributed by atoms with van der Waals surface area (Å²) in [6, 6.07) is 8.03. The normalized spacial score (nSPS) is 24.4. The third-order valence-corrected chi connectivity index (χ3v) is 5.47. The Morgan fingerprint density at radius 2 is 1.68 bits per heavy atom. The number of benzene rings is 2. The molecule has 1 fully saturated rings. The number of nitrogens with zero attached hydrogens (tertiary/aromatic N) is 1. The molecule has 5 atom stereocenters. The first-order chi connectivity index (χ1) is 16.1. The molecule has 0 spiro atoms. The van der Waals surface area contributed by atoms with E-state index >= 15 is 0 Å². The molecule has 12 heteroatoms. The van der Waals surface area contributed by atoms with Crippen molar-refractivity contribution in [3.8, 4) is 0 Å². The lowest BCUT2D eigenvalue weighted by atomic mass is 9.96. The molecule has 1 saturated heterocycles. The van der Waals surface area contributed by atoms with Gasteiger partial charge in [-0.1, -0.05) is 12.1 Å². The topological polar surface area (TPSA) is 189 Å². The van der Waals surface area contributed by atoms with Gasteiger partial charge in [0.15, 0.2) is 12.3 Å². The largest absolute Gasteiger partial charge is 0.479 e. The molecule has 1 heterocycles. The number of aliphatic hydroxyl groups is 3. The fourth-order valence-corrected chi connectivity index (χ4v) is 3.68. The van der Waals surface area contributed by atoms with Gasteiger partial charge >= 0.3 is 11.9 Å². The van der Waals surface area contributed by atoms with E-state index in [2.05, 4.69) is 0 Å². The average molecular weight is 479 g/mol. The van der Waals surface area contributed by atoms with Crippen molar-refractivity contribution in [1.82, 2.24) is 0 Å². The number of rotatable bonds is 7. The van der Waals surface area contributed by atoms with Gasteiger partial charge in [0.2, 0.25) is 0 Å². The van der Waals surface area contributed by atoms with E-state index in [0.29, 0.717) is 5.56 Å². The summed E-state index contributed by atoms with van der Waals surface area (Å²) in [4.78, 5) is 25.1. The molecule has 3 rings (SSSR count). The molecular weight excluding hydrogens is 453 g/mol. The molecule has 0 radical (unpaired) electrons. The first-order valence-electron chi connectivity index (χ1n) is 10.3. The lowest BCUT2D eigenvalue weighted by Crippen LogP contribution is -2.64. The van der Waals surface area contributed by atoms with E-state index in [0.717, 1.165) is 0 Å². The van der Waals surface area contributed by atoms with Gasteiger partial charge in [0.1, 0.15) is 24.1 Å². The van der Waals surface area contributed by atoms with E-state index in [1.165, 1.54) is 41.3 Å². The first-order valence-corrected chi connectivity index (χ1v) is 10.3. The second kappa shape index (κ2) is 10.2. The molecule has 0 aliphatic carbocycles. The van der Waals surface area contributed by atoms with Crippen molar-refractivity contribution in [3.63, 3.8) is 0 Å². The maximum Gasteiger partial charge on any atom is 0.340 e. The lowest BCUT2D eigenvalue weighted by molar-refractivity contribution is -0.227. The molecular formula is C22H26FN3O8. The van der Waals surface area contributed by atoms with Crippen LogP contribution in [0.4, 0.5) is 21.5 Å². The molecule has 0 bridgehead atoms. The number of carboxylic acid groups (broad SMARTS) is 1. The van der Waals surface area contributed by atoms with E-state index in [4.69, 9.17) is 20.9 Å². The predicted molar refractivity (Wildman–Crippen MR) is 118 cm³/mol. The Morgan fingerprint density at radius 1 is 1.03 bits per heavy atom. The second-order valence-corrected chi connectivity index (χ2v) is 7.69. The van der Waals surface area contributed by atoms with E-state index in [-0.39, 0.29) is 35.8 Å². The zero-order valence-corrected chi connectivity index (χ0v) is 18.2. The minimum Gasteiger partial charge on any atom is -0.479 e. The third kappa shape index (κ3) is 4.89. The van der Waals surface area contributed by atoms with Crippen molar-refractivity contribution >= 4 is 29.0 Å². The van der Waals surface area contributed by atoms with Crippen molar-refractivity contribution < 1.29 is 43.9 Å². The van der Waals surface area contributed by atoms with Crippen LogP contribution in [0.25, 0.3) is 0 Å². The van der Waals surface area contributed by atoms with Crippen LogP contribution in [-0.4, -0.2) is 69.6 Å². The number of nitrogen functional groups attached to an aromatic ring is 2. The van der Waals surface area contributed by atoms with Gasteiger partial charge < -0.3 is 46.3 Å². The van der Waals surface area contributed by atoms with Gasteiger partial charge in [-0.25, -0.2) is 14.0 Å².